The average molecular weight is 362 g/mol. The first-order chi connectivity index (χ1) is 12.1. The van der Waals surface area contributed by atoms with E-state index in [4.69, 9.17) is 9.98 Å². The molecule has 1 aliphatic carbocycles. The van der Waals surface area contributed by atoms with Crippen LogP contribution < -0.4 is 5.32 Å². The molecule has 7 nitrogen and oxygen atoms in total. The molecule has 1 N–H and O–H groups in total. The minimum atomic E-state index is 0.512. The van der Waals surface area contributed by atoms with Gasteiger partial charge < -0.3 is 14.8 Å². The highest BCUT2D eigenvalue weighted by atomic mass is 32.1. The number of guanidine groups is 1. The van der Waals surface area contributed by atoms with Crippen molar-refractivity contribution in [2.24, 2.45) is 12.0 Å². The smallest absolute Gasteiger partial charge is 0.194 e. The number of nitrogens with zero attached hydrogens (tertiary/aromatic N) is 6. The second-order valence-electron chi connectivity index (χ2n) is 6.43. The summed E-state index contributed by atoms with van der Waals surface area (Å²) in [5.41, 5.74) is 1.32. The van der Waals surface area contributed by atoms with E-state index in [1.807, 2.05) is 29.9 Å². The molecule has 136 valence electrons. The van der Waals surface area contributed by atoms with Crippen molar-refractivity contribution in [2.75, 3.05) is 13.6 Å². The topological polar surface area (TPSA) is 71.2 Å². The van der Waals surface area contributed by atoms with Gasteiger partial charge in [-0.25, -0.2) is 9.98 Å². The Morgan fingerprint density at radius 3 is 2.80 bits per heavy atom. The molecular weight excluding hydrogens is 334 g/mol. The zero-order valence-electron chi connectivity index (χ0n) is 15.5. The summed E-state index contributed by atoms with van der Waals surface area (Å²) >= 11 is 1.86. The van der Waals surface area contributed by atoms with Gasteiger partial charge in [-0.1, -0.05) is 0 Å². The summed E-state index contributed by atoms with van der Waals surface area (Å²) in [6.07, 6.45) is 4.89. The third kappa shape index (κ3) is 4.18. The van der Waals surface area contributed by atoms with E-state index in [1.165, 1.54) is 34.8 Å². The second-order valence-corrected chi connectivity index (χ2v) is 7.60. The van der Waals surface area contributed by atoms with Gasteiger partial charge in [0.25, 0.3) is 0 Å². The SMILES string of the molecule is CCNC(=NCc1nnc(C)n1C)N(C)Cc1nc2c(s1)CCCC2. The second kappa shape index (κ2) is 7.95. The lowest BCUT2D eigenvalue weighted by Gasteiger charge is -2.20. The van der Waals surface area contributed by atoms with Crippen molar-refractivity contribution in [1.82, 2.24) is 30.0 Å². The van der Waals surface area contributed by atoms with Crippen molar-refractivity contribution < 1.29 is 0 Å². The number of aryl methyl sites for hydroxylation is 3. The highest BCUT2D eigenvalue weighted by Crippen LogP contribution is 2.27. The number of aromatic nitrogens is 4. The maximum atomic E-state index is 4.84. The number of fused-ring (bicyclic) bond motifs is 1. The number of hydrogen-bond acceptors (Lipinski definition) is 5. The van der Waals surface area contributed by atoms with Gasteiger partial charge in [0.2, 0.25) is 0 Å². The molecule has 0 saturated carbocycles. The Kier molecular flexibility index (Phi) is 5.67. The molecule has 2 aromatic heterocycles. The van der Waals surface area contributed by atoms with Crippen LogP contribution in [0.4, 0.5) is 0 Å². The summed E-state index contributed by atoms with van der Waals surface area (Å²) in [7, 11) is 4.03. The predicted molar refractivity (Wildman–Crippen MR) is 101 cm³/mol. The molecule has 3 rings (SSSR count). The average Bonchev–Trinajstić information content (AvgIpc) is 3.15. The molecule has 2 heterocycles. The van der Waals surface area contributed by atoms with Crippen LogP contribution in [0.25, 0.3) is 0 Å². The van der Waals surface area contributed by atoms with E-state index in [-0.39, 0.29) is 0 Å². The van der Waals surface area contributed by atoms with Crippen LogP contribution in [0, 0.1) is 6.92 Å². The quantitative estimate of drug-likeness (QED) is 0.652. The van der Waals surface area contributed by atoms with Crippen LogP contribution >= 0.6 is 11.3 Å². The lowest BCUT2D eigenvalue weighted by molar-refractivity contribution is 0.474. The minimum absolute atomic E-state index is 0.512. The molecule has 0 saturated heterocycles. The van der Waals surface area contributed by atoms with Crippen molar-refractivity contribution >= 4 is 17.3 Å². The fourth-order valence-corrected chi connectivity index (χ4v) is 4.17. The largest absolute Gasteiger partial charge is 0.357 e. The molecule has 0 radical (unpaired) electrons. The highest BCUT2D eigenvalue weighted by molar-refractivity contribution is 7.11. The number of rotatable bonds is 5. The monoisotopic (exact) mass is 361 g/mol. The summed E-state index contributed by atoms with van der Waals surface area (Å²) in [6, 6.07) is 0. The van der Waals surface area contributed by atoms with Gasteiger partial charge in [-0.15, -0.1) is 21.5 Å². The van der Waals surface area contributed by atoms with Crippen LogP contribution in [0.15, 0.2) is 4.99 Å². The van der Waals surface area contributed by atoms with Crippen LogP contribution in [0.1, 0.15) is 47.0 Å². The predicted octanol–water partition coefficient (Wildman–Crippen LogP) is 2.06. The van der Waals surface area contributed by atoms with E-state index >= 15 is 0 Å². The first-order valence-electron chi connectivity index (χ1n) is 8.90. The zero-order chi connectivity index (χ0) is 17.8. The van der Waals surface area contributed by atoms with E-state index < -0.39 is 0 Å². The number of thiazole rings is 1. The van der Waals surface area contributed by atoms with E-state index in [1.54, 1.807) is 0 Å². The molecular formula is C17H27N7S. The standard InChI is InChI=1S/C17H27N7S/c1-5-18-17(19-10-15-22-21-12(2)24(15)4)23(3)11-16-20-13-8-6-7-9-14(13)25-16/h5-11H2,1-4H3,(H,18,19). The molecule has 0 atom stereocenters. The van der Waals surface area contributed by atoms with Gasteiger partial charge in [0.1, 0.15) is 17.4 Å². The molecule has 0 fully saturated rings. The van der Waals surface area contributed by atoms with Gasteiger partial charge in [0.05, 0.1) is 12.2 Å². The van der Waals surface area contributed by atoms with Gasteiger partial charge in [-0.05, 0) is 39.5 Å². The maximum Gasteiger partial charge on any atom is 0.194 e. The van der Waals surface area contributed by atoms with E-state index in [9.17, 15) is 0 Å². The third-order valence-corrected chi connectivity index (χ3v) is 5.65. The number of hydrogen-bond donors (Lipinski definition) is 1. The molecule has 0 unspecified atom stereocenters. The first kappa shape index (κ1) is 17.8. The van der Waals surface area contributed by atoms with Crippen molar-refractivity contribution in [2.45, 2.75) is 52.6 Å². The molecule has 0 aliphatic heterocycles. The molecule has 0 amide bonds. The summed E-state index contributed by atoms with van der Waals surface area (Å²) in [5, 5.41) is 12.8. The Bertz CT molecular complexity index is 723. The highest BCUT2D eigenvalue weighted by Gasteiger charge is 2.17. The molecule has 8 heteroatoms. The Balaban J connectivity index is 1.69. The first-order valence-corrected chi connectivity index (χ1v) is 9.72. The fraction of sp³-hybridized carbons (Fsp3) is 0.647. The molecule has 2 aromatic rings. The van der Waals surface area contributed by atoms with Crippen LogP contribution in [-0.2, 0) is 33.0 Å². The van der Waals surface area contributed by atoms with Crippen LogP contribution in [0.5, 0.6) is 0 Å². The van der Waals surface area contributed by atoms with Crippen LogP contribution in [0.2, 0.25) is 0 Å². The lowest BCUT2D eigenvalue weighted by Crippen LogP contribution is -2.38. The van der Waals surface area contributed by atoms with Crippen LogP contribution in [0.3, 0.4) is 0 Å². The number of nitrogens with one attached hydrogen (secondary N) is 1. The van der Waals surface area contributed by atoms with E-state index in [0.717, 1.165) is 37.1 Å². The lowest BCUT2D eigenvalue weighted by atomic mass is 10.0. The Morgan fingerprint density at radius 2 is 2.12 bits per heavy atom. The van der Waals surface area contributed by atoms with E-state index in [2.05, 4.69) is 34.4 Å². The van der Waals surface area contributed by atoms with Gasteiger partial charge in [-0.2, -0.15) is 0 Å². The van der Waals surface area contributed by atoms with Gasteiger partial charge in [-0.3, -0.25) is 0 Å². The molecule has 0 aromatic carbocycles. The fourth-order valence-electron chi connectivity index (χ4n) is 2.95. The Labute approximate surface area is 153 Å². The summed E-state index contributed by atoms with van der Waals surface area (Å²) in [5.74, 6) is 2.64. The zero-order valence-corrected chi connectivity index (χ0v) is 16.4. The van der Waals surface area contributed by atoms with Crippen molar-refractivity contribution in [3.63, 3.8) is 0 Å². The maximum absolute atomic E-state index is 4.84. The summed E-state index contributed by atoms with van der Waals surface area (Å²) < 4.78 is 1.97. The van der Waals surface area contributed by atoms with Crippen molar-refractivity contribution in [1.29, 1.82) is 0 Å². The van der Waals surface area contributed by atoms with Crippen molar-refractivity contribution in [3.05, 3.63) is 27.2 Å². The molecule has 25 heavy (non-hydrogen) atoms. The molecule has 1 aliphatic rings. The van der Waals surface area contributed by atoms with Crippen molar-refractivity contribution in [3.8, 4) is 0 Å². The Morgan fingerprint density at radius 1 is 1.32 bits per heavy atom. The van der Waals surface area contributed by atoms with Crippen LogP contribution in [-0.4, -0.2) is 44.2 Å². The van der Waals surface area contributed by atoms with Gasteiger partial charge in [0.15, 0.2) is 11.8 Å². The minimum Gasteiger partial charge on any atom is -0.357 e. The molecule has 0 bridgehead atoms. The van der Waals surface area contributed by atoms with Gasteiger partial charge in [0, 0.05) is 25.5 Å². The van der Waals surface area contributed by atoms with Gasteiger partial charge >= 0.3 is 0 Å². The normalized spacial score (nSPS) is 14.5. The summed E-state index contributed by atoms with van der Waals surface area (Å²) in [4.78, 5) is 13.2. The van der Waals surface area contributed by atoms with E-state index in [0.29, 0.717) is 6.54 Å². The number of aliphatic imine (C=N–C) groups is 1. The Hall–Kier alpha value is -1.96. The third-order valence-electron chi connectivity index (χ3n) is 4.51. The molecule has 0 spiro atoms. The summed E-state index contributed by atoms with van der Waals surface area (Å²) in [6.45, 7) is 6.15.